The Morgan fingerprint density at radius 3 is 2.59 bits per heavy atom. The largest absolute Gasteiger partial charge is 0.444 e. The lowest BCUT2D eigenvalue weighted by atomic mass is 10.0. The average molecular weight is 378 g/mol. The summed E-state index contributed by atoms with van der Waals surface area (Å²) in [7, 11) is 0. The van der Waals surface area contributed by atoms with Crippen molar-refractivity contribution < 1.29 is 19.0 Å². The third-order valence-electron chi connectivity index (χ3n) is 4.58. The summed E-state index contributed by atoms with van der Waals surface area (Å²) in [6.07, 6.45) is 0.117. The molecule has 1 aromatic rings. The van der Waals surface area contributed by atoms with Gasteiger partial charge in [-0.25, -0.2) is 9.18 Å². The molecule has 2 rings (SSSR count). The van der Waals surface area contributed by atoms with Crippen molar-refractivity contribution in [3.63, 3.8) is 0 Å². The number of hydrogen-bond donors (Lipinski definition) is 3. The first-order valence-electron chi connectivity index (χ1n) is 9.34. The van der Waals surface area contributed by atoms with Crippen LogP contribution in [0.4, 0.5) is 9.18 Å². The zero-order chi connectivity index (χ0) is 20.2. The summed E-state index contributed by atoms with van der Waals surface area (Å²) >= 11 is 0. The molecule has 2 atom stereocenters. The van der Waals surface area contributed by atoms with Crippen LogP contribution in [0.1, 0.15) is 51.2 Å². The fourth-order valence-corrected chi connectivity index (χ4v) is 3.06. The molecule has 5 nitrogen and oxygen atoms in total. The molecule has 0 saturated heterocycles. The molecule has 1 aromatic carbocycles. The van der Waals surface area contributed by atoms with Gasteiger partial charge in [-0.3, -0.25) is 0 Å². The summed E-state index contributed by atoms with van der Waals surface area (Å²) in [5.41, 5.74) is 1.53. The van der Waals surface area contributed by atoms with Crippen LogP contribution >= 0.6 is 0 Å². The van der Waals surface area contributed by atoms with Crippen molar-refractivity contribution in [2.24, 2.45) is 0 Å². The number of carbonyl (C=O) groups is 1. The molecule has 0 aliphatic heterocycles. The van der Waals surface area contributed by atoms with E-state index in [2.05, 4.69) is 29.3 Å². The number of rotatable bonds is 8. The summed E-state index contributed by atoms with van der Waals surface area (Å²) in [6, 6.07) is 7.44. The number of ether oxygens (including phenoxy) is 1. The predicted molar refractivity (Wildman–Crippen MR) is 104 cm³/mol. The molecule has 1 saturated carbocycles. The van der Waals surface area contributed by atoms with Crippen molar-refractivity contribution in [3.8, 4) is 0 Å². The number of amides is 1. The lowest BCUT2D eigenvalue weighted by molar-refractivity contribution is 0.0415. The molecule has 1 fully saturated rings. The maximum Gasteiger partial charge on any atom is 0.407 e. The molecule has 3 N–H and O–H groups in total. The second kappa shape index (κ2) is 8.40. The zero-order valence-electron chi connectivity index (χ0n) is 16.6. The van der Waals surface area contributed by atoms with E-state index >= 15 is 0 Å². The van der Waals surface area contributed by atoms with Gasteiger partial charge in [-0.15, -0.1) is 0 Å². The highest BCUT2D eigenvalue weighted by Gasteiger charge is 2.44. The lowest BCUT2D eigenvalue weighted by Crippen LogP contribution is -2.50. The first-order valence-corrected chi connectivity index (χ1v) is 9.34. The summed E-state index contributed by atoms with van der Waals surface area (Å²) in [5, 5.41) is 16.5. The predicted octanol–water partition coefficient (Wildman–Crippen LogP) is 3.70. The van der Waals surface area contributed by atoms with Crippen LogP contribution in [0.3, 0.4) is 0 Å². The van der Waals surface area contributed by atoms with Gasteiger partial charge in [0.05, 0.1) is 18.0 Å². The van der Waals surface area contributed by atoms with Gasteiger partial charge in [-0.1, -0.05) is 36.4 Å². The third kappa shape index (κ3) is 6.63. The van der Waals surface area contributed by atoms with Crippen LogP contribution in [0.5, 0.6) is 0 Å². The van der Waals surface area contributed by atoms with Gasteiger partial charge in [0.1, 0.15) is 5.60 Å². The minimum atomic E-state index is -0.979. The van der Waals surface area contributed by atoms with E-state index in [9.17, 15) is 14.3 Å². The smallest absolute Gasteiger partial charge is 0.407 e. The number of benzene rings is 1. The van der Waals surface area contributed by atoms with Crippen LogP contribution < -0.4 is 10.6 Å². The Kier molecular flexibility index (Phi) is 6.65. The first kappa shape index (κ1) is 21.4. The molecular weight excluding hydrogens is 347 g/mol. The quantitative estimate of drug-likeness (QED) is 0.645. The SMILES string of the molecule is C=C(F)CC(NC(=O)OC(C)(C)C)C(O)CNC1(c2cccc(C)c2)CC1. The molecule has 1 amide bonds. The van der Waals surface area contributed by atoms with Gasteiger partial charge in [0.25, 0.3) is 0 Å². The molecule has 150 valence electrons. The number of aliphatic hydroxyl groups excluding tert-OH is 1. The van der Waals surface area contributed by atoms with E-state index in [1.807, 2.05) is 19.1 Å². The molecule has 1 aliphatic rings. The van der Waals surface area contributed by atoms with Gasteiger partial charge in [-0.05, 0) is 46.1 Å². The minimum absolute atomic E-state index is 0.157. The lowest BCUT2D eigenvalue weighted by Gasteiger charge is -2.28. The van der Waals surface area contributed by atoms with Crippen LogP contribution in [-0.2, 0) is 10.3 Å². The number of halogens is 1. The Labute approximate surface area is 161 Å². The molecule has 1 aliphatic carbocycles. The molecule has 0 radical (unpaired) electrons. The van der Waals surface area contributed by atoms with Crippen molar-refractivity contribution in [3.05, 3.63) is 47.8 Å². The van der Waals surface area contributed by atoms with Gasteiger partial charge in [-0.2, -0.15) is 0 Å². The van der Waals surface area contributed by atoms with E-state index < -0.39 is 29.7 Å². The highest BCUT2D eigenvalue weighted by molar-refractivity contribution is 5.68. The number of hydrogen-bond acceptors (Lipinski definition) is 4. The van der Waals surface area contributed by atoms with Gasteiger partial charge >= 0.3 is 6.09 Å². The van der Waals surface area contributed by atoms with E-state index in [4.69, 9.17) is 4.74 Å². The minimum Gasteiger partial charge on any atom is -0.444 e. The van der Waals surface area contributed by atoms with E-state index in [-0.39, 0.29) is 18.5 Å². The van der Waals surface area contributed by atoms with E-state index in [0.717, 1.165) is 12.8 Å². The number of nitrogens with one attached hydrogen (secondary N) is 2. The monoisotopic (exact) mass is 378 g/mol. The van der Waals surface area contributed by atoms with Gasteiger partial charge in [0.2, 0.25) is 0 Å². The highest BCUT2D eigenvalue weighted by atomic mass is 19.1. The molecule has 0 aromatic heterocycles. The van der Waals surface area contributed by atoms with Gasteiger partial charge in [0, 0.05) is 18.5 Å². The van der Waals surface area contributed by atoms with Crippen molar-refractivity contribution in [1.82, 2.24) is 10.6 Å². The normalized spacial score (nSPS) is 17.7. The number of carbonyl (C=O) groups excluding carboxylic acids is 1. The molecular formula is C21H31FN2O3. The van der Waals surface area contributed by atoms with Crippen LogP contribution in [0.25, 0.3) is 0 Å². The fourth-order valence-electron chi connectivity index (χ4n) is 3.06. The van der Waals surface area contributed by atoms with Crippen LogP contribution in [0.15, 0.2) is 36.7 Å². The summed E-state index contributed by atoms with van der Waals surface area (Å²) in [6.45, 7) is 10.7. The second-order valence-corrected chi connectivity index (χ2v) is 8.37. The van der Waals surface area contributed by atoms with E-state index in [1.54, 1.807) is 20.8 Å². The van der Waals surface area contributed by atoms with Crippen LogP contribution in [0, 0.1) is 6.92 Å². The number of aryl methyl sites for hydroxylation is 1. The highest BCUT2D eigenvalue weighted by Crippen LogP contribution is 2.45. The summed E-state index contributed by atoms with van der Waals surface area (Å²) in [4.78, 5) is 12.0. The number of aliphatic hydroxyl groups is 1. The Balaban J connectivity index is 1.98. The third-order valence-corrected chi connectivity index (χ3v) is 4.58. The van der Waals surface area contributed by atoms with Crippen molar-refractivity contribution in [2.75, 3.05) is 6.54 Å². The van der Waals surface area contributed by atoms with Crippen LogP contribution in [-0.4, -0.2) is 35.5 Å². The molecule has 27 heavy (non-hydrogen) atoms. The zero-order valence-corrected chi connectivity index (χ0v) is 16.6. The van der Waals surface area contributed by atoms with Crippen molar-refractivity contribution in [2.45, 2.75) is 70.2 Å². The topological polar surface area (TPSA) is 70.6 Å². The Bertz CT molecular complexity index is 680. The molecule has 0 heterocycles. The van der Waals surface area contributed by atoms with Gasteiger partial charge < -0.3 is 20.5 Å². The Hall–Kier alpha value is -1.92. The van der Waals surface area contributed by atoms with Gasteiger partial charge in [0.15, 0.2) is 0 Å². The molecule has 2 unspecified atom stereocenters. The van der Waals surface area contributed by atoms with Crippen LogP contribution in [0.2, 0.25) is 0 Å². The fraction of sp³-hybridized carbons (Fsp3) is 0.571. The van der Waals surface area contributed by atoms with E-state index in [0.29, 0.717) is 0 Å². The summed E-state index contributed by atoms with van der Waals surface area (Å²) in [5.74, 6) is -0.602. The Morgan fingerprint density at radius 1 is 1.41 bits per heavy atom. The molecule has 0 spiro atoms. The van der Waals surface area contributed by atoms with Crippen molar-refractivity contribution >= 4 is 6.09 Å². The molecule has 0 bridgehead atoms. The molecule has 6 heteroatoms. The summed E-state index contributed by atoms with van der Waals surface area (Å²) < 4.78 is 18.6. The standard InChI is InChI=1S/C21H31FN2O3/c1-14-7-6-8-16(11-14)21(9-10-21)23-13-18(25)17(12-15(2)22)24-19(26)27-20(3,4)5/h6-8,11,17-18,23,25H,2,9-10,12-13H2,1,3-5H3,(H,24,26). The van der Waals surface area contributed by atoms with Crippen molar-refractivity contribution in [1.29, 1.82) is 0 Å². The number of alkyl carbamates (subject to hydrolysis) is 1. The first-order chi connectivity index (χ1) is 12.5. The van der Waals surface area contributed by atoms with E-state index in [1.165, 1.54) is 11.1 Å². The Morgan fingerprint density at radius 2 is 2.07 bits per heavy atom. The average Bonchev–Trinajstić information content (AvgIpc) is 3.31. The maximum absolute atomic E-state index is 13.4. The second-order valence-electron chi connectivity index (χ2n) is 8.37. The maximum atomic E-state index is 13.4.